The number of carbonyl (C=O) groups is 1. The maximum absolute atomic E-state index is 12.9. The highest BCUT2D eigenvalue weighted by molar-refractivity contribution is 7.99. The first-order valence-corrected chi connectivity index (χ1v) is 12.5. The molecular formula is C21H19Cl2N5O3S2. The van der Waals surface area contributed by atoms with Gasteiger partial charge < -0.3 is 11.1 Å². The third-order valence-electron chi connectivity index (χ3n) is 4.26. The van der Waals surface area contributed by atoms with Crippen molar-refractivity contribution >= 4 is 62.5 Å². The molecule has 0 aliphatic carbocycles. The van der Waals surface area contributed by atoms with Crippen molar-refractivity contribution in [1.82, 2.24) is 5.43 Å². The molecule has 0 radical (unpaired) electrons. The standard InChI is InChI=1S/C21H19Cl2N5O3S2/c22-14-6-8-15(9-7-14)26-20(29)16-10-19(33(30,31)28-21(24)27-25)18(11-17(16)23)32-12-13-4-2-1-3-5-13/h1-11H,12,25H2,(H,26,29)(H3,24,27,28). The van der Waals surface area contributed by atoms with Crippen LogP contribution in [0.15, 0.2) is 80.9 Å². The van der Waals surface area contributed by atoms with Crippen LogP contribution in [0.4, 0.5) is 5.69 Å². The molecule has 3 rings (SSSR count). The Morgan fingerprint density at radius 2 is 1.70 bits per heavy atom. The van der Waals surface area contributed by atoms with E-state index in [4.69, 9.17) is 34.8 Å². The molecule has 0 aromatic heterocycles. The van der Waals surface area contributed by atoms with Crippen molar-refractivity contribution in [2.24, 2.45) is 16.0 Å². The number of anilines is 1. The highest BCUT2D eigenvalue weighted by Crippen LogP contribution is 2.35. The van der Waals surface area contributed by atoms with Crippen LogP contribution in [0.2, 0.25) is 10.0 Å². The highest BCUT2D eigenvalue weighted by Gasteiger charge is 2.24. The molecule has 3 aromatic carbocycles. The number of sulfonamides is 1. The zero-order valence-electron chi connectivity index (χ0n) is 17.0. The molecule has 8 nitrogen and oxygen atoms in total. The molecule has 0 fully saturated rings. The van der Waals surface area contributed by atoms with Crippen molar-refractivity contribution in [3.8, 4) is 0 Å². The van der Waals surface area contributed by atoms with Crippen LogP contribution in [0, 0.1) is 0 Å². The molecule has 0 bridgehead atoms. The van der Waals surface area contributed by atoms with Gasteiger partial charge in [0.05, 0.1) is 10.6 Å². The van der Waals surface area contributed by atoms with Gasteiger partial charge >= 0.3 is 0 Å². The minimum absolute atomic E-state index is 0.0521. The van der Waals surface area contributed by atoms with Gasteiger partial charge in [0.25, 0.3) is 15.9 Å². The summed E-state index contributed by atoms with van der Waals surface area (Å²) in [6.45, 7) is 0. The monoisotopic (exact) mass is 523 g/mol. The van der Waals surface area contributed by atoms with Crippen LogP contribution >= 0.6 is 35.0 Å². The number of nitrogens with zero attached hydrogens (tertiary/aromatic N) is 1. The smallest absolute Gasteiger partial charge is 0.286 e. The molecule has 0 saturated carbocycles. The van der Waals surface area contributed by atoms with E-state index in [9.17, 15) is 13.2 Å². The molecule has 0 saturated heterocycles. The summed E-state index contributed by atoms with van der Waals surface area (Å²) in [6.07, 6.45) is 0. The van der Waals surface area contributed by atoms with Crippen LogP contribution in [-0.4, -0.2) is 20.3 Å². The van der Waals surface area contributed by atoms with Gasteiger partial charge in [-0.3, -0.25) is 10.2 Å². The van der Waals surface area contributed by atoms with Crippen LogP contribution in [0.25, 0.3) is 0 Å². The molecule has 0 unspecified atom stereocenters. The van der Waals surface area contributed by atoms with E-state index in [1.807, 2.05) is 35.8 Å². The third-order valence-corrected chi connectivity index (χ3v) is 7.41. The number of rotatable bonds is 7. The number of halogens is 2. The average Bonchev–Trinajstić information content (AvgIpc) is 2.79. The molecule has 1 amide bonds. The van der Waals surface area contributed by atoms with Crippen molar-refractivity contribution in [3.63, 3.8) is 0 Å². The first-order valence-electron chi connectivity index (χ1n) is 9.34. The van der Waals surface area contributed by atoms with Crippen LogP contribution in [0.1, 0.15) is 15.9 Å². The Morgan fingerprint density at radius 1 is 1.03 bits per heavy atom. The van der Waals surface area contributed by atoms with Gasteiger partial charge in [-0.25, -0.2) is 5.84 Å². The minimum atomic E-state index is -4.31. The van der Waals surface area contributed by atoms with Crippen LogP contribution in [0.5, 0.6) is 0 Å². The fourth-order valence-electron chi connectivity index (χ4n) is 2.70. The van der Waals surface area contributed by atoms with Gasteiger partial charge in [0.2, 0.25) is 5.96 Å². The Bertz CT molecular complexity index is 1290. The quantitative estimate of drug-likeness (QED) is 0.120. The van der Waals surface area contributed by atoms with Crippen LogP contribution < -0.4 is 22.3 Å². The minimum Gasteiger partial charge on any atom is -0.368 e. The van der Waals surface area contributed by atoms with E-state index in [0.29, 0.717) is 21.4 Å². The molecule has 0 spiro atoms. The Balaban J connectivity index is 2.01. The van der Waals surface area contributed by atoms with Crippen molar-refractivity contribution in [1.29, 1.82) is 0 Å². The largest absolute Gasteiger partial charge is 0.368 e. The van der Waals surface area contributed by atoms with Crippen molar-refractivity contribution in [2.45, 2.75) is 15.5 Å². The zero-order chi connectivity index (χ0) is 24.0. The second kappa shape index (κ2) is 10.9. The number of nitrogens with two attached hydrogens (primary N) is 2. The third kappa shape index (κ3) is 6.62. The number of hydrogen-bond acceptors (Lipinski definition) is 5. The number of thioether (sulfide) groups is 1. The zero-order valence-corrected chi connectivity index (χ0v) is 20.1. The first-order chi connectivity index (χ1) is 15.7. The van der Waals surface area contributed by atoms with Crippen LogP contribution in [-0.2, 0) is 15.8 Å². The summed E-state index contributed by atoms with van der Waals surface area (Å²) in [7, 11) is -4.31. The second-order valence-corrected chi connectivity index (χ2v) is 10.0. The maximum atomic E-state index is 12.9. The van der Waals surface area contributed by atoms with Crippen molar-refractivity contribution in [2.75, 3.05) is 5.32 Å². The Morgan fingerprint density at radius 3 is 2.33 bits per heavy atom. The van der Waals surface area contributed by atoms with Gasteiger partial charge in [-0.05, 0) is 42.0 Å². The summed E-state index contributed by atoms with van der Waals surface area (Å²) in [5.74, 6) is 4.51. The van der Waals surface area contributed by atoms with Gasteiger partial charge in [-0.1, -0.05) is 53.5 Å². The Labute approximate surface area is 205 Å². The highest BCUT2D eigenvalue weighted by atomic mass is 35.5. The summed E-state index contributed by atoms with van der Waals surface area (Å²) in [6, 6.07) is 18.5. The van der Waals surface area contributed by atoms with Gasteiger partial charge in [0, 0.05) is 21.4 Å². The van der Waals surface area contributed by atoms with E-state index >= 15 is 0 Å². The Hall–Kier alpha value is -2.76. The van der Waals surface area contributed by atoms with E-state index < -0.39 is 21.9 Å². The normalized spacial score (nSPS) is 11.8. The predicted octanol–water partition coefficient (Wildman–Crippen LogP) is 4.00. The van der Waals surface area contributed by atoms with Gasteiger partial charge in [-0.15, -0.1) is 16.2 Å². The summed E-state index contributed by atoms with van der Waals surface area (Å²) in [5.41, 5.74) is 8.82. The molecule has 0 aliphatic rings. The molecular weight excluding hydrogens is 505 g/mol. The molecule has 12 heteroatoms. The second-order valence-electron chi connectivity index (χ2n) is 6.61. The maximum Gasteiger partial charge on any atom is 0.286 e. The number of nitrogens with one attached hydrogen (secondary N) is 2. The molecule has 0 atom stereocenters. The van der Waals surface area contributed by atoms with E-state index in [-0.39, 0.29) is 15.5 Å². The van der Waals surface area contributed by atoms with Crippen molar-refractivity contribution < 1.29 is 13.2 Å². The summed E-state index contributed by atoms with van der Waals surface area (Å²) in [5, 5.41) is 3.23. The average molecular weight is 524 g/mol. The lowest BCUT2D eigenvalue weighted by Crippen LogP contribution is -2.37. The summed E-state index contributed by atoms with van der Waals surface area (Å²) < 4.78 is 29.4. The number of amides is 1. The van der Waals surface area contributed by atoms with Gasteiger partial charge in [0.1, 0.15) is 4.90 Å². The molecule has 0 aliphatic heterocycles. The summed E-state index contributed by atoms with van der Waals surface area (Å²) in [4.78, 5) is 12.9. The van der Waals surface area contributed by atoms with E-state index in [2.05, 4.69) is 9.71 Å². The molecule has 33 heavy (non-hydrogen) atoms. The number of guanidine groups is 1. The number of carbonyl (C=O) groups excluding carboxylic acids is 1. The number of hydrazine groups is 1. The van der Waals surface area contributed by atoms with Crippen LogP contribution in [0.3, 0.4) is 0 Å². The van der Waals surface area contributed by atoms with Gasteiger partial charge in [-0.2, -0.15) is 8.42 Å². The van der Waals surface area contributed by atoms with E-state index in [0.717, 1.165) is 5.56 Å². The lowest BCUT2D eigenvalue weighted by molar-refractivity contribution is 0.102. The van der Waals surface area contributed by atoms with Crippen molar-refractivity contribution in [3.05, 3.63) is 87.9 Å². The number of benzene rings is 3. The van der Waals surface area contributed by atoms with E-state index in [1.165, 1.54) is 23.9 Å². The fourth-order valence-corrected chi connectivity index (χ4v) is 5.54. The van der Waals surface area contributed by atoms with Gasteiger partial charge in [0.15, 0.2) is 0 Å². The molecule has 3 aromatic rings. The fraction of sp³-hybridized carbons (Fsp3) is 0.0476. The topological polar surface area (TPSA) is 140 Å². The SMILES string of the molecule is NN/C(N)=N/S(=O)(=O)c1cc(C(=O)Nc2ccc(Cl)cc2)c(Cl)cc1SCc1ccccc1. The molecule has 0 heterocycles. The predicted molar refractivity (Wildman–Crippen MR) is 133 cm³/mol. The molecule has 6 N–H and O–H groups in total. The van der Waals surface area contributed by atoms with E-state index in [1.54, 1.807) is 24.3 Å². The molecule has 172 valence electrons. The first kappa shape index (κ1) is 24.9. The number of hydrogen-bond donors (Lipinski definition) is 4. The lowest BCUT2D eigenvalue weighted by atomic mass is 10.2. The Kier molecular flexibility index (Phi) is 8.22. The summed E-state index contributed by atoms with van der Waals surface area (Å²) >= 11 is 13.5. The lowest BCUT2D eigenvalue weighted by Gasteiger charge is -2.13.